The molecular weight excluding hydrogens is 339 g/mol. The van der Waals surface area contributed by atoms with Gasteiger partial charge in [0.15, 0.2) is 5.78 Å². The summed E-state index contributed by atoms with van der Waals surface area (Å²) in [7, 11) is 0. The number of rotatable bonds is 3. The van der Waals surface area contributed by atoms with Crippen molar-refractivity contribution in [2.45, 2.75) is 33.2 Å². The fourth-order valence-electron chi connectivity index (χ4n) is 2.30. The van der Waals surface area contributed by atoms with E-state index in [0.29, 0.717) is 10.6 Å². The molecule has 2 rings (SSSR count). The number of imide groups is 1. The molecule has 23 heavy (non-hydrogen) atoms. The lowest BCUT2D eigenvalue weighted by Gasteiger charge is -2.24. The summed E-state index contributed by atoms with van der Waals surface area (Å²) in [6, 6.07) is 4.08. The standard InChI is InChI=1S/C16H18Cl2N2O3/c1-15(2,3)12(21)8-20-13(22)16(4,19-14(20)23)10-6-5-9(17)7-11(10)18/h5-7H,8H2,1-4H3,(H,19,23). The van der Waals surface area contributed by atoms with Crippen molar-refractivity contribution in [2.75, 3.05) is 6.54 Å². The number of ketones is 1. The maximum absolute atomic E-state index is 12.7. The number of amides is 3. The monoisotopic (exact) mass is 356 g/mol. The third kappa shape index (κ3) is 3.21. The maximum atomic E-state index is 12.7. The predicted octanol–water partition coefficient (Wildman–Crippen LogP) is 3.38. The topological polar surface area (TPSA) is 66.5 Å². The van der Waals surface area contributed by atoms with Crippen LogP contribution in [0.2, 0.25) is 10.0 Å². The Morgan fingerprint density at radius 3 is 2.39 bits per heavy atom. The van der Waals surface area contributed by atoms with Crippen LogP contribution in [-0.2, 0) is 15.1 Å². The minimum absolute atomic E-state index is 0.201. The number of carbonyl (C=O) groups is 3. The molecule has 0 aromatic heterocycles. The largest absolute Gasteiger partial charge is 0.325 e. The number of nitrogens with one attached hydrogen (secondary N) is 1. The summed E-state index contributed by atoms with van der Waals surface area (Å²) in [5.41, 5.74) is -1.53. The third-order valence-electron chi connectivity index (χ3n) is 3.88. The minimum atomic E-state index is -1.32. The van der Waals surface area contributed by atoms with Crippen molar-refractivity contribution in [1.82, 2.24) is 10.2 Å². The first-order valence-electron chi connectivity index (χ1n) is 7.10. The summed E-state index contributed by atoms with van der Waals surface area (Å²) in [5, 5.41) is 3.33. The van der Waals surface area contributed by atoms with Gasteiger partial charge < -0.3 is 5.32 Å². The molecule has 0 saturated carbocycles. The van der Waals surface area contributed by atoms with Crippen molar-refractivity contribution in [3.8, 4) is 0 Å². The van der Waals surface area contributed by atoms with Gasteiger partial charge in [-0.25, -0.2) is 4.79 Å². The Labute approximate surface area is 144 Å². The Hall–Kier alpha value is -1.59. The molecule has 1 aliphatic rings. The Balaban J connectivity index is 2.35. The van der Waals surface area contributed by atoms with Crippen molar-refractivity contribution >= 4 is 40.9 Å². The fraction of sp³-hybridized carbons (Fsp3) is 0.438. The molecule has 1 atom stereocenters. The number of nitrogens with zero attached hydrogens (tertiary/aromatic N) is 1. The normalized spacial score (nSPS) is 21.6. The van der Waals surface area contributed by atoms with E-state index in [4.69, 9.17) is 23.2 Å². The highest BCUT2D eigenvalue weighted by Gasteiger charge is 2.50. The first-order valence-corrected chi connectivity index (χ1v) is 7.85. The molecule has 1 fully saturated rings. The quantitative estimate of drug-likeness (QED) is 0.844. The van der Waals surface area contributed by atoms with Gasteiger partial charge in [-0.2, -0.15) is 0 Å². The molecule has 5 nitrogen and oxygen atoms in total. The van der Waals surface area contributed by atoms with E-state index in [1.165, 1.54) is 6.07 Å². The van der Waals surface area contributed by atoms with Gasteiger partial charge in [0, 0.05) is 21.0 Å². The molecule has 1 heterocycles. The average Bonchev–Trinajstić information content (AvgIpc) is 2.61. The van der Waals surface area contributed by atoms with Crippen LogP contribution in [0.5, 0.6) is 0 Å². The zero-order valence-electron chi connectivity index (χ0n) is 13.4. The fourth-order valence-corrected chi connectivity index (χ4v) is 2.90. The number of halogens is 2. The van der Waals surface area contributed by atoms with Crippen molar-refractivity contribution in [3.05, 3.63) is 33.8 Å². The summed E-state index contributed by atoms with van der Waals surface area (Å²) in [6.45, 7) is 6.51. The Morgan fingerprint density at radius 1 is 1.26 bits per heavy atom. The lowest BCUT2D eigenvalue weighted by atomic mass is 9.89. The van der Waals surface area contributed by atoms with Gasteiger partial charge in [0.05, 0.1) is 6.54 Å². The van der Waals surface area contributed by atoms with Crippen molar-refractivity contribution < 1.29 is 14.4 Å². The Morgan fingerprint density at radius 2 is 1.87 bits per heavy atom. The van der Waals surface area contributed by atoms with Gasteiger partial charge in [-0.15, -0.1) is 0 Å². The number of hydrogen-bond donors (Lipinski definition) is 1. The molecule has 1 aliphatic heterocycles. The summed E-state index contributed by atoms with van der Waals surface area (Å²) >= 11 is 12.0. The van der Waals surface area contributed by atoms with Gasteiger partial charge in [-0.3, -0.25) is 14.5 Å². The molecule has 0 spiro atoms. The van der Waals surface area contributed by atoms with Gasteiger partial charge in [0.2, 0.25) is 0 Å². The van der Waals surface area contributed by atoms with Gasteiger partial charge >= 0.3 is 6.03 Å². The number of benzene rings is 1. The third-order valence-corrected chi connectivity index (χ3v) is 4.43. The van der Waals surface area contributed by atoms with Crippen LogP contribution in [0.1, 0.15) is 33.3 Å². The molecule has 0 radical (unpaired) electrons. The second-order valence-corrected chi connectivity index (χ2v) is 7.59. The summed E-state index contributed by atoms with van der Waals surface area (Å²) in [5.74, 6) is -0.711. The average molecular weight is 357 g/mol. The molecule has 1 unspecified atom stereocenters. The molecule has 3 amide bonds. The second kappa shape index (κ2) is 5.80. The smallest absolute Gasteiger partial charge is 0.319 e. The lowest BCUT2D eigenvalue weighted by Crippen LogP contribution is -2.43. The number of Topliss-reactive ketones (excluding diaryl/α,β-unsaturated/α-hetero) is 1. The highest BCUT2D eigenvalue weighted by atomic mass is 35.5. The van der Waals surface area contributed by atoms with Gasteiger partial charge in [0.25, 0.3) is 5.91 Å². The summed E-state index contributed by atoms with van der Waals surface area (Å²) in [6.07, 6.45) is 0. The lowest BCUT2D eigenvalue weighted by molar-refractivity contribution is -0.136. The van der Waals surface area contributed by atoms with Crippen LogP contribution in [0.3, 0.4) is 0 Å². The van der Waals surface area contributed by atoms with E-state index in [1.807, 2.05) is 0 Å². The molecule has 124 valence electrons. The number of urea groups is 1. The van der Waals surface area contributed by atoms with Crippen LogP contribution in [0.4, 0.5) is 4.79 Å². The zero-order valence-corrected chi connectivity index (χ0v) is 14.9. The number of carbonyl (C=O) groups excluding carboxylic acids is 3. The summed E-state index contributed by atoms with van der Waals surface area (Å²) < 4.78 is 0. The van der Waals surface area contributed by atoms with Crippen LogP contribution < -0.4 is 5.32 Å². The maximum Gasteiger partial charge on any atom is 0.325 e. The molecule has 0 aliphatic carbocycles. The SMILES string of the molecule is CC(C)(C)C(=O)CN1C(=O)NC(C)(c2ccc(Cl)cc2Cl)C1=O. The van der Waals surface area contributed by atoms with Crippen LogP contribution in [0.15, 0.2) is 18.2 Å². The van der Waals surface area contributed by atoms with Gasteiger partial charge in [0.1, 0.15) is 5.54 Å². The van der Waals surface area contributed by atoms with Crippen LogP contribution >= 0.6 is 23.2 Å². The highest BCUT2D eigenvalue weighted by molar-refractivity contribution is 6.35. The Kier molecular flexibility index (Phi) is 4.48. The highest BCUT2D eigenvalue weighted by Crippen LogP contribution is 2.35. The molecular formula is C16H18Cl2N2O3. The van der Waals surface area contributed by atoms with Crippen LogP contribution in [-0.4, -0.2) is 29.2 Å². The molecule has 7 heteroatoms. The molecule has 1 N–H and O–H groups in total. The van der Waals surface area contributed by atoms with Crippen LogP contribution in [0, 0.1) is 5.41 Å². The first-order chi connectivity index (χ1) is 10.5. The molecule has 1 saturated heterocycles. The number of hydrogen-bond acceptors (Lipinski definition) is 3. The minimum Gasteiger partial charge on any atom is -0.319 e. The van der Waals surface area contributed by atoms with E-state index in [1.54, 1.807) is 39.8 Å². The van der Waals surface area contributed by atoms with E-state index < -0.39 is 22.9 Å². The van der Waals surface area contributed by atoms with E-state index in [-0.39, 0.29) is 17.4 Å². The van der Waals surface area contributed by atoms with Crippen molar-refractivity contribution in [1.29, 1.82) is 0 Å². The van der Waals surface area contributed by atoms with E-state index >= 15 is 0 Å². The zero-order chi connectivity index (χ0) is 17.6. The van der Waals surface area contributed by atoms with Crippen LogP contribution in [0.25, 0.3) is 0 Å². The second-order valence-electron chi connectivity index (χ2n) is 6.74. The Bertz CT molecular complexity index is 697. The van der Waals surface area contributed by atoms with E-state index in [0.717, 1.165) is 4.90 Å². The van der Waals surface area contributed by atoms with E-state index in [9.17, 15) is 14.4 Å². The van der Waals surface area contributed by atoms with Crippen molar-refractivity contribution in [2.24, 2.45) is 5.41 Å². The predicted molar refractivity (Wildman–Crippen MR) is 88.5 cm³/mol. The van der Waals surface area contributed by atoms with Gasteiger partial charge in [-0.05, 0) is 19.1 Å². The molecule has 1 aromatic rings. The van der Waals surface area contributed by atoms with Crippen molar-refractivity contribution in [3.63, 3.8) is 0 Å². The molecule has 0 bridgehead atoms. The first kappa shape index (κ1) is 17.8. The van der Waals surface area contributed by atoms with E-state index in [2.05, 4.69) is 5.32 Å². The van der Waals surface area contributed by atoms with Gasteiger partial charge in [-0.1, -0.05) is 50.0 Å². The molecule has 1 aromatic carbocycles. The summed E-state index contributed by atoms with van der Waals surface area (Å²) in [4.78, 5) is 38.0.